The van der Waals surface area contributed by atoms with E-state index in [1.54, 1.807) is 6.92 Å². The maximum absolute atomic E-state index is 10.6. The van der Waals surface area contributed by atoms with Crippen LogP contribution in [0, 0.1) is 5.92 Å². The van der Waals surface area contributed by atoms with Gasteiger partial charge in [-0.05, 0) is 31.6 Å². The fourth-order valence-electron chi connectivity index (χ4n) is 2.67. The maximum atomic E-state index is 10.6. The Morgan fingerprint density at radius 2 is 1.72 bits per heavy atom. The smallest absolute Gasteiger partial charge is 0.303 e. The zero-order chi connectivity index (χ0) is 13.3. The van der Waals surface area contributed by atoms with E-state index in [2.05, 4.69) is 0 Å². The van der Waals surface area contributed by atoms with Gasteiger partial charge in [-0.25, -0.2) is 0 Å². The third-order valence-corrected chi connectivity index (χ3v) is 3.54. The molecule has 0 aromatic carbocycles. The van der Waals surface area contributed by atoms with Crippen LogP contribution in [0.4, 0.5) is 0 Å². The molecule has 5 heteroatoms. The molecule has 0 saturated carbocycles. The van der Waals surface area contributed by atoms with E-state index in [4.69, 9.17) is 5.11 Å². The van der Waals surface area contributed by atoms with Crippen LogP contribution in [0.5, 0.6) is 11.8 Å². The van der Waals surface area contributed by atoms with E-state index in [1.807, 2.05) is 0 Å². The first-order chi connectivity index (χ1) is 8.50. The molecule has 1 aliphatic rings. The molecule has 1 aliphatic carbocycles. The van der Waals surface area contributed by atoms with Gasteiger partial charge in [0, 0.05) is 24.1 Å². The van der Waals surface area contributed by atoms with E-state index in [0.717, 1.165) is 36.8 Å². The van der Waals surface area contributed by atoms with Gasteiger partial charge >= 0.3 is 5.97 Å². The Balaban J connectivity index is 2.23. The van der Waals surface area contributed by atoms with Crippen molar-refractivity contribution in [2.45, 2.75) is 45.6 Å². The van der Waals surface area contributed by atoms with Crippen LogP contribution in [0.1, 0.15) is 37.3 Å². The third kappa shape index (κ3) is 2.30. The molecule has 0 bridgehead atoms. The minimum Gasteiger partial charge on any atom is -0.494 e. The van der Waals surface area contributed by atoms with Crippen molar-refractivity contribution in [1.29, 1.82) is 0 Å². The molecule has 0 fully saturated rings. The minimum absolute atomic E-state index is 0.0295. The maximum Gasteiger partial charge on any atom is 0.303 e. The monoisotopic (exact) mass is 253 g/mol. The molecule has 1 aromatic heterocycles. The van der Waals surface area contributed by atoms with Gasteiger partial charge in [-0.15, -0.1) is 0 Å². The molecule has 0 amide bonds. The molecule has 2 rings (SSSR count). The summed E-state index contributed by atoms with van der Waals surface area (Å²) in [6.45, 7) is 2.13. The second kappa shape index (κ2) is 4.92. The van der Waals surface area contributed by atoms with Gasteiger partial charge in [0.05, 0.1) is 0 Å². The molecule has 1 atom stereocenters. The number of rotatable bonds is 4. The third-order valence-electron chi connectivity index (χ3n) is 3.54. The predicted molar refractivity (Wildman–Crippen MR) is 65.8 cm³/mol. The first-order valence-corrected chi connectivity index (χ1v) is 6.34. The first kappa shape index (κ1) is 12.8. The lowest BCUT2D eigenvalue weighted by molar-refractivity contribution is -0.138. The van der Waals surface area contributed by atoms with Crippen LogP contribution in [-0.4, -0.2) is 25.9 Å². The lowest BCUT2D eigenvalue weighted by Gasteiger charge is -2.12. The Hall–Kier alpha value is -1.65. The van der Waals surface area contributed by atoms with E-state index in [0.29, 0.717) is 6.54 Å². The van der Waals surface area contributed by atoms with Crippen LogP contribution < -0.4 is 0 Å². The van der Waals surface area contributed by atoms with Crippen LogP contribution in [0.2, 0.25) is 0 Å². The predicted octanol–water partition coefficient (Wildman–Crippen LogP) is 1.89. The summed E-state index contributed by atoms with van der Waals surface area (Å²) >= 11 is 0. The summed E-state index contributed by atoms with van der Waals surface area (Å²) < 4.78 is 1.45. The van der Waals surface area contributed by atoms with E-state index >= 15 is 0 Å². The Kier molecular flexibility index (Phi) is 3.50. The molecule has 100 valence electrons. The van der Waals surface area contributed by atoms with Crippen LogP contribution in [0.15, 0.2) is 0 Å². The zero-order valence-electron chi connectivity index (χ0n) is 10.5. The molecule has 3 N–H and O–H groups in total. The number of hydrogen-bond acceptors (Lipinski definition) is 3. The quantitative estimate of drug-likeness (QED) is 0.765. The summed E-state index contributed by atoms with van der Waals surface area (Å²) in [6.07, 6.45) is 3.65. The molecular formula is C13H19NO4. The van der Waals surface area contributed by atoms with Crippen molar-refractivity contribution in [3.05, 3.63) is 11.1 Å². The highest BCUT2D eigenvalue weighted by Crippen LogP contribution is 2.39. The molecule has 18 heavy (non-hydrogen) atoms. The zero-order valence-corrected chi connectivity index (χ0v) is 10.5. The van der Waals surface area contributed by atoms with Crippen LogP contribution >= 0.6 is 0 Å². The summed E-state index contributed by atoms with van der Waals surface area (Å²) in [5.41, 5.74) is 1.67. The Morgan fingerprint density at radius 1 is 1.22 bits per heavy atom. The van der Waals surface area contributed by atoms with E-state index in [-0.39, 0.29) is 24.1 Å². The molecule has 0 spiro atoms. The summed E-state index contributed by atoms with van der Waals surface area (Å²) in [5, 5.41) is 28.9. The van der Waals surface area contributed by atoms with Crippen molar-refractivity contribution < 1.29 is 20.1 Å². The molecule has 1 heterocycles. The van der Waals surface area contributed by atoms with Gasteiger partial charge in [-0.2, -0.15) is 0 Å². The SMILES string of the molecule is CC(CC(=O)O)Cn1c(O)c2c(c1O)CCCC2. The Bertz CT molecular complexity index is 435. The molecule has 1 aromatic rings. The van der Waals surface area contributed by atoms with Crippen molar-refractivity contribution in [1.82, 2.24) is 4.57 Å². The lowest BCUT2D eigenvalue weighted by atomic mass is 9.95. The topological polar surface area (TPSA) is 82.7 Å². The number of aromatic nitrogens is 1. The van der Waals surface area contributed by atoms with E-state index < -0.39 is 5.97 Å². The van der Waals surface area contributed by atoms with Gasteiger partial charge in [-0.1, -0.05) is 6.92 Å². The molecule has 5 nitrogen and oxygen atoms in total. The Labute approximate surface area is 106 Å². The van der Waals surface area contributed by atoms with Crippen LogP contribution in [0.25, 0.3) is 0 Å². The van der Waals surface area contributed by atoms with E-state index in [1.165, 1.54) is 4.57 Å². The van der Waals surface area contributed by atoms with Crippen molar-refractivity contribution in [3.8, 4) is 11.8 Å². The van der Waals surface area contributed by atoms with Crippen molar-refractivity contribution in [2.24, 2.45) is 5.92 Å². The average molecular weight is 253 g/mol. The number of aromatic hydroxyl groups is 2. The average Bonchev–Trinajstić information content (AvgIpc) is 2.54. The highest BCUT2D eigenvalue weighted by atomic mass is 16.4. The summed E-state index contributed by atoms with van der Waals surface area (Å²) in [6, 6.07) is 0. The highest BCUT2D eigenvalue weighted by molar-refractivity contribution is 5.66. The molecule has 0 saturated heterocycles. The van der Waals surface area contributed by atoms with Crippen LogP contribution in [0.3, 0.4) is 0 Å². The normalized spacial score (nSPS) is 16.3. The number of fused-ring (bicyclic) bond motifs is 1. The summed E-state index contributed by atoms with van der Waals surface area (Å²) in [7, 11) is 0. The number of nitrogens with zero attached hydrogens (tertiary/aromatic N) is 1. The van der Waals surface area contributed by atoms with Gasteiger partial charge < -0.3 is 15.3 Å². The second-order valence-corrected chi connectivity index (χ2v) is 5.13. The number of aliphatic carboxylic acids is 1. The summed E-state index contributed by atoms with van der Waals surface area (Å²) in [5.74, 6) is -0.773. The standard InChI is InChI=1S/C13H19NO4/c1-8(6-11(15)16)7-14-12(17)9-4-2-3-5-10(9)13(14)18/h8,17-18H,2-7H2,1H3,(H,15,16). The second-order valence-electron chi connectivity index (χ2n) is 5.13. The van der Waals surface area contributed by atoms with Gasteiger partial charge in [0.25, 0.3) is 0 Å². The molecule has 0 aliphatic heterocycles. The fraction of sp³-hybridized carbons (Fsp3) is 0.615. The number of hydrogen-bond donors (Lipinski definition) is 3. The van der Waals surface area contributed by atoms with Gasteiger partial charge in [0.15, 0.2) is 11.8 Å². The molecule has 1 unspecified atom stereocenters. The first-order valence-electron chi connectivity index (χ1n) is 6.34. The van der Waals surface area contributed by atoms with E-state index in [9.17, 15) is 15.0 Å². The summed E-state index contributed by atoms with van der Waals surface area (Å²) in [4.78, 5) is 10.6. The van der Waals surface area contributed by atoms with Gasteiger partial charge in [0.1, 0.15) is 0 Å². The fourth-order valence-corrected chi connectivity index (χ4v) is 2.67. The van der Waals surface area contributed by atoms with Crippen molar-refractivity contribution >= 4 is 5.97 Å². The van der Waals surface area contributed by atoms with Gasteiger partial charge in [-0.3, -0.25) is 9.36 Å². The minimum atomic E-state index is -0.863. The molecular weight excluding hydrogens is 234 g/mol. The molecule has 0 radical (unpaired) electrons. The highest BCUT2D eigenvalue weighted by Gasteiger charge is 2.25. The number of carbonyl (C=O) groups is 1. The largest absolute Gasteiger partial charge is 0.494 e. The van der Waals surface area contributed by atoms with Gasteiger partial charge in [0.2, 0.25) is 0 Å². The van der Waals surface area contributed by atoms with Crippen molar-refractivity contribution in [2.75, 3.05) is 0 Å². The number of carboxylic acid groups (broad SMARTS) is 1. The number of carboxylic acids is 1. The Morgan fingerprint density at radius 3 is 2.17 bits per heavy atom. The van der Waals surface area contributed by atoms with Crippen molar-refractivity contribution in [3.63, 3.8) is 0 Å². The van der Waals surface area contributed by atoms with Crippen LogP contribution in [-0.2, 0) is 24.2 Å². The lowest BCUT2D eigenvalue weighted by Crippen LogP contribution is -2.11.